The third-order valence-corrected chi connectivity index (χ3v) is 3.94. The van der Waals surface area contributed by atoms with Gasteiger partial charge in [-0.2, -0.15) is 0 Å². The highest BCUT2D eigenvalue weighted by atomic mass is 32.1. The fourth-order valence-electron chi connectivity index (χ4n) is 2.08. The number of aliphatic carboxylic acids is 1. The molecule has 6 nitrogen and oxygen atoms in total. The van der Waals surface area contributed by atoms with Gasteiger partial charge in [-0.1, -0.05) is 26.0 Å². The molecule has 1 aromatic heterocycles. The van der Waals surface area contributed by atoms with Gasteiger partial charge in [0.1, 0.15) is 5.00 Å². The quantitative estimate of drug-likeness (QED) is 0.747. The molecule has 0 atom stereocenters. The van der Waals surface area contributed by atoms with Crippen LogP contribution in [0.1, 0.15) is 37.4 Å². The summed E-state index contributed by atoms with van der Waals surface area (Å²) in [7, 11) is 0. The summed E-state index contributed by atoms with van der Waals surface area (Å²) in [6.45, 7) is 4.04. The van der Waals surface area contributed by atoms with Gasteiger partial charge in [-0.25, -0.2) is 9.78 Å². The van der Waals surface area contributed by atoms with Crippen molar-refractivity contribution in [1.29, 1.82) is 0 Å². The number of benzene rings is 1. The van der Waals surface area contributed by atoms with Gasteiger partial charge in [0.2, 0.25) is 0 Å². The number of aryl methyl sites for hydroxylation is 1. The predicted molar refractivity (Wildman–Crippen MR) is 91.2 cm³/mol. The summed E-state index contributed by atoms with van der Waals surface area (Å²) in [5.74, 6) is -0.608. The topological polar surface area (TPSA) is 91.3 Å². The van der Waals surface area contributed by atoms with E-state index in [1.807, 2.05) is 19.9 Å². The van der Waals surface area contributed by atoms with Crippen molar-refractivity contribution in [2.75, 3.05) is 10.6 Å². The van der Waals surface area contributed by atoms with Crippen LogP contribution in [0.4, 0.5) is 15.5 Å². The third kappa shape index (κ3) is 5.07. The van der Waals surface area contributed by atoms with Crippen LogP contribution in [-0.4, -0.2) is 22.1 Å². The predicted octanol–water partition coefficient (Wildman–Crippen LogP) is 3.93. The number of hydrogen-bond donors (Lipinski definition) is 3. The van der Waals surface area contributed by atoms with Gasteiger partial charge in [0.25, 0.3) is 0 Å². The van der Waals surface area contributed by atoms with Crippen LogP contribution < -0.4 is 10.6 Å². The molecule has 1 aromatic carbocycles. The first-order valence-electron chi connectivity index (χ1n) is 7.28. The van der Waals surface area contributed by atoms with Gasteiger partial charge < -0.3 is 10.4 Å². The Morgan fingerprint density at radius 2 is 2.09 bits per heavy atom. The number of urea groups is 1. The monoisotopic (exact) mass is 333 g/mol. The molecule has 2 amide bonds. The van der Waals surface area contributed by atoms with Gasteiger partial charge in [0, 0.05) is 12.1 Å². The Kier molecular flexibility index (Phi) is 5.70. The molecule has 0 radical (unpaired) electrons. The lowest BCUT2D eigenvalue weighted by Crippen LogP contribution is -2.19. The molecule has 0 saturated heterocycles. The number of carbonyl (C=O) groups excluding carboxylic acids is 1. The molecule has 122 valence electrons. The molecule has 7 heteroatoms. The number of rotatable bonds is 6. The van der Waals surface area contributed by atoms with E-state index in [-0.39, 0.29) is 18.4 Å². The summed E-state index contributed by atoms with van der Waals surface area (Å²) in [5.41, 5.74) is 4.06. The minimum absolute atomic E-state index is 0.0638. The Hall–Kier alpha value is -2.41. The Labute approximate surface area is 138 Å². The maximum absolute atomic E-state index is 12.1. The molecule has 0 aliphatic rings. The molecule has 1 heterocycles. The highest BCUT2D eigenvalue weighted by Crippen LogP contribution is 2.27. The van der Waals surface area contributed by atoms with Crippen molar-refractivity contribution in [3.8, 4) is 0 Å². The van der Waals surface area contributed by atoms with Gasteiger partial charge >= 0.3 is 12.0 Å². The maximum atomic E-state index is 12.1. The van der Waals surface area contributed by atoms with E-state index in [0.29, 0.717) is 12.1 Å². The highest BCUT2D eigenvalue weighted by Gasteiger charge is 2.12. The van der Waals surface area contributed by atoms with Crippen molar-refractivity contribution in [2.24, 2.45) is 0 Å². The van der Waals surface area contributed by atoms with Crippen LogP contribution in [0, 0.1) is 0 Å². The first kappa shape index (κ1) is 17.0. The van der Waals surface area contributed by atoms with Crippen LogP contribution in [-0.2, 0) is 11.2 Å². The molecule has 2 aromatic rings. The number of anilines is 2. The molecule has 2 rings (SSSR count). The van der Waals surface area contributed by atoms with Gasteiger partial charge in [-0.15, -0.1) is 11.3 Å². The fraction of sp³-hybridized carbons (Fsp3) is 0.312. The molecule has 0 spiro atoms. The number of thiazole rings is 1. The second-order valence-electron chi connectivity index (χ2n) is 5.39. The largest absolute Gasteiger partial charge is 0.481 e. The Morgan fingerprint density at radius 1 is 1.30 bits per heavy atom. The lowest BCUT2D eigenvalue weighted by atomic mass is 10.1. The zero-order valence-corrected chi connectivity index (χ0v) is 13.8. The standard InChI is InChI=1S/C16H19N3O3S/c1-10(2)14-15(23-9-17-14)19-16(22)18-12-5-3-4-11(8-12)6-7-13(20)21/h3-5,8-10H,6-7H2,1-2H3,(H,20,21)(H2,18,19,22). The number of nitrogens with zero attached hydrogens (tertiary/aromatic N) is 1. The Morgan fingerprint density at radius 3 is 2.78 bits per heavy atom. The van der Waals surface area contributed by atoms with Crippen molar-refractivity contribution in [3.05, 3.63) is 41.0 Å². The second kappa shape index (κ2) is 7.73. The van der Waals surface area contributed by atoms with Crippen LogP contribution in [0.2, 0.25) is 0 Å². The number of hydrogen-bond acceptors (Lipinski definition) is 4. The number of carboxylic acid groups (broad SMARTS) is 1. The molecular formula is C16H19N3O3S. The zero-order valence-electron chi connectivity index (χ0n) is 13.0. The smallest absolute Gasteiger partial charge is 0.324 e. The Bertz CT molecular complexity index is 697. The fourth-order valence-corrected chi connectivity index (χ4v) is 2.91. The van der Waals surface area contributed by atoms with Crippen LogP contribution >= 0.6 is 11.3 Å². The van der Waals surface area contributed by atoms with E-state index in [4.69, 9.17) is 5.11 Å². The van der Waals surface area contributed by atoms with Gasteiger partial charge in [0.05, 0.1) is 11.2 Å². The van der Waals surface area contributed by atoms with E-state index < -0.39 is 5.97 Å². The molecule has 23 heavy (non-hydrogen) atoms. The van der Waals surface area contributed by atoms with E-state index in [9.17, 15) is 9.59 Å². The van der Waals surface area contributed by atoms with Crippen LogP contribution in [0.15, 0.2) is 29.8 Å². The summed E-state index contributed by atoms with van der Waals surface area (Å²) in [4.78, 5) is 27.0. The number of carboxylic acids is 1. The SMILES string of the molecule is CC(C)c1ncsc1NC(=O)Nc1cccc(CCC(=O)O)c1. The van der Waals surface area contributed by atoms with Crippen molar-refractivity contribution >= 4 is 34.0 Å². The van der Waals surface area contributed by atoms with E-state index in [2.05, 4.69) is 15.6 Å². The van der Waals surface area contributed by atoms with Crippen LogP contribution in [0.3, 0.4) is 0 Å². The summed E-state index contributed by atoms with van der Waals surface area (Å²) >= 11 is 1.38. The van der Waals surface area contributed by atoms with E-state index in [1.165, 1.54) is 11.3 Å². The second-order valence-corrected chi connectivity index (χ2v) is 6.25. The van der Waals surface area contributed by atoms with Crippen molar-refractivity contribution in [1.82, 2.24) is 4.98 Å². The number of amides is 2. The summed E-state index contributed by atoms with van der Waals surface area (Å²) in [6.07, 6.45) is 0.493. The molecule has 3 N–H and O–H groups in total. The molecule has 0 saturated carbocycles. The van der Waals surface area contributed by atoms with Crippen LogP contribution in [0.5, 0.6) is 0 Å². The minimum atomic E-state index is -0.840. The highest BCUT2D eigenvalue weighted by molar-refractivity contribution is 7.14. The van der Waals surface area contributed by atoms with Crippen molar-refractivity contribution < 1.29 is 14.7 Å². The molecule has 0 aliphatic carbocycles. The number of carbonyl (C=O) groups is 2. The van der Waals surface area contributed by atoms with E-state index in [0.717, 1.165) is 16.3 Å². The lowest BCUT2D eigenvalue weighted by molar-refractivity contribution is -0.136. The summed E-state index contributed by atoms with van der Waals surface area (Å²) in [5, 5.41) is 15.0. The molecule has 0 fully saturated rings. The number of aromatic nitrogens is 1. The van der Waals surface area contributed by atoms with Crippen LogP contribution in [0.25, 0.3) is 0 Å². The Balaban J connectivity index is 1.98. The van der Waals surface area contributed by atoms with Crippen molar-refractivity contribution in [2.45, 2.75) is 32.6 Å². The first-order chi connectivity index (χ1) is 11.0. The number of nitrogens with one attached hydrogen (secondary N) is 2. The summed E-state index contributed by atoms with van der Waals surface area (Å²) in [6, 6.07) is 6.83. The molecule has 0 bridgehead atoms. The van der Waals surface area contributed by atoms with E-state index in [1.54, 1.807) is 23.7 Å². The average molecular weight is 333 g/mol. The van der Waals surface area contributed by atoms with Gasteiger partial charge in [-0.05, 0) is 30.0 Å². The van der Waals surface area contributed by atoms with Gasteiger partial charge in [-0.3, -0.25) is 10.1 Å². The third-order valence-electron chi connectivity index (χ3n) is 3.18. The zero-order chi connectivity index (χ0) is 16.8. The van der Waals surface area contributed by atoms with Gasteiger partial charge in [0.15, 0.2) is 0 Å². The molecular weight excluding hydrogens is 314 g/mol. The average Bonchev–Trinajstić information content (AvgIpc) is 2.93. The summed E-state index contributed by atoms with van der Waals surface area (Å²) < 4.78 is 0. The maximum Gasteiger partial charge on any atom is 0.324 e. The van der Waals surface area contributed by atoms with Crippen molar-refractivity contribution in [3.63, 3.8) is 0 Å². The van der Waals surface area contributed by atoms with E-state index >= 15 is 0 Å². The minimum Gasteiger partial charge on any atom is -0.481 e. The molecule has 0 aliphatic heterocycles. The molecule has 0 unspecified atom stereocenters. The first-order valence-corrected chi connectivity index (χ1v) is 8.15. The lowest BCUT2D eigenvalue weighted by Gasteiger charge is -2.10. The normalized spacial score (nSPS) is 10.6.